The molecule has 0 aromatic rings. The molecule has 0 rings (SSSR count). The molecule has 0 N–H and O–H groups in total. The fraction of sp³-hybridized carbons (Fsp3) is 0.882. The van der Waals surface area contributed by atoms with Crippen molar-refractivity contribution in [3.63, 3.8) is 0 Å². The molecule has 4 nitrogen and oxygen atoms in total. The summed E-state index contributed by atoms with van der Waals surface area (Å²) in [7, 11) is 0. The summed E-state index contributed by atoms with van der Waals surface area (Å²) in [5, 5.41) is 0. The van der Waals surface area contributed by atoms with Crippen LogP contribution in [-0.2, 0) is 19.1 Å². The fourth-order valence-electron chi connectivity index (χ4n) is 1.25. The van der Waals surface area contributed by atoms with Gasteiger partial charge in [0.2, 0.25) is 0 Å². The lowest BCUT2D eigenvalue weighted by atomic mass is 10.1. The molecule has 0 amide bonds. The van der Waals surface area contributed by atoms with Crippen molar-refractivity contribution in [2.45, 2.75) is 80.6 Å². The molecule has 0 atom stereocenters. The lowest BCUT2D eigenvalue weighted by Crippen LogP contribution is -1.98. The number of hydrogen-bond acceptors (Lipinski definition) is 4. The minimum atomic E-state index is -0.211. The van der Waals surface area contributed by atoms with Gasteiger partial charge in [-0.25, -0.2) is 0 Å². The van der Waals surface area contributed by atoms with Crippen LogP contribution >= 0.6 is 0 Å². The maximum atomic E-state index is 9.98. The Kier molecular flexibility index (Phi) is 25.2. The maximum Gasteiger partial charge on any atom is 0.302 e. The summed E-state index contributed by atoms with van der Waals surface area (Å²) in [6.07, 6.45) is 6.51. The van der Waals surface area contributed by atoms with Crippen LogP contribution in [0.1, 0.15) is 80.6 Å². The molecule has 21 heavy (non-hydrogen) atoms. The Labute approximate surface area is 131 Å². The topological polar surface area (TPSA) is 52.6 Å². The molecule has 4 heteroatoms. The molecular weight excluding hydrogens is 268 g/mol. The first-order chi connectivity index (χ1) is 9.81. The van der Waals surface area contributed by atoms with E-state index >= 15 is 0 Å². The summed E-state index contributed by atoms with van der Waals surface area (Å²) in [5.74, 6) is 0.501. The predicted molar refractivity (Wildman–Crippen MR) is 88.2 cm³/mol. The monoisotopic (exact) mass is 304 g/mol. The number of hydrogen-bond donors (Lipinski definition) is 0. The van der Waals surface area contributed by atoms with Gasteiger partial charge in [-0.1, -0.05) is 53.4 Å². The van der Waals surface area contributed by atoms with Crippen molar-refractivity contribution in [1.29, 1.82) is 0 Å². The van der Waals surface area contributed by atoms with Gasteiger partial charge in [0.05, 0.1) is 13.2 Å². The number of rotatable bonds is 7. The third-order valence-electron chi connectivity index (χ3n) is 2.24. The van der Waals surface area contributed by atoms with E-state index in [1.165, 1.54) is 39.5 Å². The zero-order valence-corrected chi connectivity index (χ0v) is 15.2. The third-order valence-corrected chi connectivity index (χ3v) is 2.24. The number of carbonyl (C=O) groups excluding carboxylic acids is 2. The Balaban J connectivity index is -0.000000234. The summed E-state index contributed by atoms with van der Waals surface area (Å²) < 4.78 is 8.95. The van der Waals surface area contributed by atoms with Crippen molar-refractivity contribution in [3.05, 3.63) is 0 Å². The van der Waals surface area contributed by atoms with E-state index in [0.717, 1.165) is 12.3 Å². The molecule has 0 saturated heterocycles. The molecule has 0 aliphatic heterocycles. The molecule has 0 radical (unpaired) electrons. The first-order valence-electron chi connectivity index (χ1n) is 8.08. The van der Waals surface area contributed by atoms with Gasteiger partial charge < -0.3 is 9.47 Å². The molecule has 0 aromatic carbocycles. The van der Waals surface area contributed by atoms with Crippen LogP contribution in [-0.4, -0.2) is 25.2 Å². The molecule has 0 bridgehead atoms. The average Bonchev–Trinajstić information content (AvgIpc) is 2.37. The van der Waals surface area contributed by atoms with E-state index in [0.29, 0.717) is 13.2 Å². The van der Waals surface area contributed by atoms with Crippen molar-refractivity contribution in [1.82, 2.24) is 0 Å². The molecule has 0 saturated carbocycles. The van der Waals surface area contributed by atoms with Gasteiger partial charge in [0.1, 0.15) is 0 Å². The fourth-order valence-corrected chi connectivity index (χ4v) is 1.25. The maximum absolute atomic E-state index is 9.98. The van der Waals surface area contributed by atoms with E-state index in [2.05, 4.69) is 30.2 Å². The van der Waals surface area contributed by atoms with Gasteiger partial charge in [-0.05, 0) is 19.3 Å². The predicted octanol–water partition coefficient (Wildman–Crippen LogP) is 4.75. The van der Waals surface area contributed by atoms with Crippen LogP contribution < -0.4 is 0 Å². The van der Waals surface area contributed by atoms with Crippen LogP contribution in [0.25, 0.3) is 0 Å². The van der Waals surface area contributed by atoms with Gasteiger partial charge in [0, 0.05) is 13.8 Å². The molecule has 128 valence electrons. The molecule has 0 spiro atoms. The molecule has 0 fully saturated rings. The summed E-state index contributed by atoms with van der Waals surface area (Å²) in [6, 6.07) is 0. The SMILES string of the molecule is CCCCCC(C)C.CCCOC(C)=O.CCOC(C)=O. The lowest BCUT2D eigenvalue weighted by molar-refractivity contribution is -0.141. The minimum Gasteiger partial charge on any atom is -0.466 e. The lowest BCUT2D eigenvalue weighted by Gasteiger charge is -2.00. The minimum absolute atomic E-state index is 0.193. The molecule has 0 unspecified atom stereocenters. The molecule has 0 aromatic heterocycles. The number of unbranched alkanes of at least 4 members (excludes halogenated alkanes) is 2. The summed E-state index contributed by atoms with van der Waals surface area (Å²) in [5.41, 5.74) is 0. The van der Waals surface area contributed by atoms with Gasteiger partial charge in [-0.2, -0.15) is 0 Å². The zero-order chi connectivity index (χ0) is 17.1. The largest absolute Gasteiger partial charge is 0.466 e. The van der Waals surface area contributed by atoms with E-state index in [1.807, 2.05) is 6.92 Å². The first kappa shape index (κ1) is 24.9. The number of ether oxygens (including phenoxy) is 2. The van der Waals surface area contributed by atoms with E-state index in [4.69, 9.17) is 0 Å². The van der Waals surface area contributed by atoms with Gasteiger partial charge in [-0.15, -0.1) is 0 Å². The highest BCUT2D eigenvalue weighted by molar-refractivity contribution is 5.66. The summed E-state index contributed by atoms with van der Waals surface area (Å²) in [4.78, 5) is 19.8. The van der Waals surface area contributed by atoms with Crippen molar-refractivity contribution < 1.29 is 19.1 Å². The Morgan fingerprint density at radius 2 is 1.38 bits per heavy atom. The van der Waals surface area contributed by atoms with Crippen LogP contribution in [0.3, 0.4) is 0 Å². The van der Waals surface area contributed by atoms with Crippen LogP contribution in [0.4, 0.5) is 0 Å². The van der Waals surface area contributed by atoms with Gasteiger partial charge in [0.15, 0.2) is 0 Å². The second-order valence-electron chi connectivity index (χ2n) is 5.15. The van der Waals surface area contributed by atoms with Gasteiger partial charge in [-0.3, -0.25) is 9.59 Å². The number of carbonyl (C=O) groups is 2. The Morgan fingerprint density at radius 1 is 0.857 bits per heavy atom. The smallest absolute Gasteiger partial charge is 0.302 e. The highest BCUT2D eigenvalue weighted by Crippen LogP contribution is 2.06. The van der Waals surface area contributed by atoms with E-state index in [9.17, 15) is 9.59 Å². The van der Waals surface area contributed by atoms with Crippen molar-refractivity contribution in [2.75, 3.05) is 13.2 Å². The molecule has 0 aliphatic rings. The average molecular weight is 304 g/mol. The van der Waals surface area contributed by atoms with Crippen LogP contribution in [0, 0.1) is 5.92 Å². The quantitative estimate of drug-likeness (QED) is 0.503. The highest BCUT2D eigenvalue weighted by atomic mass is 16.5. The second kappa shape index (κ2) is 21.2. The molecule has 0 heterocycles. The van der Waals surface area contributed by atoms with Crippen LogP contribution in [0.15, 0.2) is 0 Å². The van der Waals surface area contributed by atoms with E-state index in [-0.39, 0.29) is 11.9 Å². The van der Waals surface area contributed by atoms with Crippen LogP contribution in [0.5, 0.6) is 0 Å². The van der Waals surface area contributed by atoms with Crippen molar-refractivity contribution >= 4 is 11.9 Å². The zero-order valence-electron chi connectivity index (χ0n) is 15.2. The van der Waals surface area contributed by atoms with Gasteiger partial charge in [0.25, 0.3) is 0 Å². The summed E-state index contributed by atoms with van der Waals surface area (Å²) in [6.45, 7) is 14.4. The Bertz CT molecular complexity index is 225. The van der Waals surface area contributed by atoms with E-state index < -0.39 is 0 Å². The summed E-state index contributed by atoms with van der Waals surface area (Å²) >= 11 is 0. The highest BCUT2D eigenvalue weighted by Gasteiger charge is 1.90. The van der Waals surface area contributed by atoms with E-state index in [1.54, 1.807) is 6.92 Å². The molecular formula is C17H36O4. The Morgan fingerprint density at radius 3 is 1.57 bits per heavy atom. The number of esters is 2. The first-order valence-corrected chi connectivity index (χ1v) is 8.08. The van der Waals surface area contributed by atoms with Crippen molar-refractivity contribution in [2.24, 2.45) is 5.92 Å². The van der Waals surface area contributed by atoms with Gasteiger partial charge >= 0.3 is 11.9 Å². The second-order valence-corrected chi connectivity index (χ2v) is 5.15. The Hall–Kier alpha value is -1.06. The van der Waals surface area contributed by atoms with Crippen molar-refractivity contribution in [3.8, 4) is 0 Å². The third kappa shape index (κ3) is 45.4. The normalized spacial score (nSPS) is 8.95. The molecule has 0 aliphatic carbocycles. The standard InChI is InChI=1S/C8H18.C5H10O2.C4H8O2/c1-4-5-6-7-8(2)3;1-3-4-7-5(2)6;1-3-6-4(2)5/h8H,4-7H2,1-3H3;3-4H2,1-2H3;3H2,1-2H3. The van der Waals surface area contributed by atoms with Crippen LogP contribution in [0.2, 0.25) is 0 Å².